The second-order valence-corrected chi connectivity index (χ2v) is 6.62. The fourth-order valence-corrected chi connectivity index (χ4v) is 3.13. The number of rotatable bonds is 7. The molecule has 0 fully saturated rings. The molecule has 0 aliphatic heterocycles. The summed E-state index contributed by atoms with van der Waals surface area (Å²) in [6, 6.07) is 7.90. The Balaban J connectivity index is 1.77. The van der Waals surface area contributed by atoms with Crippen LogP contribution in [0.4, 0.5) is 23.2 Å². The van der Waals surface area contributed by atoms with Crippen LogP contribution in [0.5, 0.6) is 0 Å². The second kappa shape index (κ2) is 9.00. The number of nitrogens with one attached hydrogen (secondary N) is 1. The van der Waals surface area contributed by atoms with Gasteiger partial charge in [-0.15, -0.1) is 0 Å². The molecule has 4 nitrogen and oxygen atoms in total. The molecule has 1 aromatic heterocycles. The minimum absolute atomic E-state index is 0.142. The molecular formula is C21H19F4N3O. The Morgan fingerprint density at radius 2 is 1.90 bits per heavy atom. The first-order chi connectivity index (χ1) is 13.9. The maximum atomic E-state index is 14.0. The van der Waals surface area contributed by atoms with Crippen LogP contribution in [0.15, 0.2) is 42.6 Å². The van der Waals surface area contributed by atoms with E-state index in [0.29, 0.717) is 29.4 Å². The molecule has 0 spiro atoms. The zero-order valence-corrected chi connectivity index (χ0v) is 15.7. The van der Waals surface area contributed by atoms with Crippen molar-refractivity contribution in [2.45, 2.75) is 19.9 Å². The van der Waals surface area contributed by atoms with E-state index in [0.717, 1.165) is 12.1 Å². The molecule has 0 aliphatic rings. The number of hydrogen-bond donors (Lipinski definition) is 1. The van der Waals surface area contributed by atoms with Crippen LogP contribution in [0.1, 0.15) is 18.9 Å². The smallest absolute Gasteiger partial charge is 0.238 e. The van der Waals surface area contributed by atoms with Gasteiger partial charge in [-0.3, -0.25) is 14.7 Å². The summed E-state index contributed by atoms with van der Waals surface area (Å²) in [5.74, 6) is -5.45. The number of nitrogens with zero attached hydrogens (tertiary/aromatic N) is 2. The van der Waals surface area contributed by atoms with Gasteiger partial charge >= 0.3 is 0 Å². The number of carbonyl (C=O) groups excluding carboxylic acids is 1. The normalized spacial score (nSPS) is 11.2. The van der Waals surface area contributed by atoms with Crippen LogP contribution in [0.2, 0.25) is 0 Å². The molecule has 0 saturated heterocycles. The monoisotopic (exact) mass is 405 g/mol. The predicted molar refractivity (Wildman–Crippen MR) is 102 cm³/mol. The lowest BCUT2D eigenvalue weighted by molar-refractivity contribution is -0.117. The van der Waals surface area contributed by atoms with Crippen molar-refractivity contribution >= 4 is 22.5 Å². The minimum Gasteiger partial charge on any atom is -0.322 e. The molecule has 0 saturated carbocycles. The SMILES string of the molecule is CCCN(CC(=O)Nc1ccc(F)c(F)c1F)Cc1cc(F)cc2cccnc12. The Labute approximate surface area is 165 Å². The summed E-state index contributed by atoms with van der Waals surface area (Å²) >= 11 is 0. The lowest BCUT2D eigenvalue weighted by atomic mass is 10.1. The van der Waals surface area contributed by atoms with Gasteiger partial charge in [0.15, 0.2) is 17.5 Å². The van der Waals surface area contributed by atoms with Gasteiger partial charge in [-0.2, -0.15) is 0 Å². The molecule has 1 heterocycles. The zero-order valence-electron chi connectivity index (χ0n) is 15.7. The quantitative estimate of drug-likeness (QED) is 0.460. The van der Waals surface area contributed by atoms with E-state index in [-0.39, 0.29) is 13.1 Å². The Morgan fingerprint density at radius 3 is 2.66 bits per heavy atom. The van der Waals surface area contributed by atoms with Crippen molar-refractivity contribution in [3.05, 3.63) is 71.4 Å². The van der Waals surface area contributed by atoms with Gasteiger partial charge in [0, 0.05) is 18.1 Å². The van der Waals surface area contributed by atoms with Crippen LogP contribution in [0, 0.1) is 23.3 Å². The van der Waals surface area contributed by atoms with Crippen molar-refractivity contribution < 1.29 is 22.4 Å². The molecule has 0 aliphatic carbocycles. The maximum absolute atomic E-state index is 14.0. The zero-order chi connectivity index (χ0) is 21.0. The summed E-state index contributed by atoms with van der Waals surface area (Å²) in [5.41, 5.74) is 0.797. The maximum Gasteiger partial charge on any atom is 0.238 e. The first kappa shape index (κ1) is 20.7. The lowest BCUT2D eigenvalue weighted by Gasteiger charge is -2.22. The number of fused-ring (bicyclic) bond motifs is 1. The number of anilines is 1. The molecule has 1 N–H and O–H groups in total. The van der Waals surface area contributed by atoms with Crippen molar-refractivity contribution in [1.29, 1.82) is 0 Å². The van der Waals surface area contributed by atoms with Crippen molar-refractivity contribution in [2.75, 3.05) is 18.4 Å². The second-order valence-electron chi connectivity index (χ2n) is 6.62. The van der Waals surface area contributed by atoms with Crippen molar-refractivity contribution in [3.63, 3.8) is 0 Å². The van der Waals surface area contributed by atoms with E-state index in [1.54, 1.807) is 23.2 Å². The number of amides is 1. The van der Waals surface area contributed by atoms with Gasteiger partial charge in [0.1, 0.15) is 5.82 Å². The molecule has 3 rings (SSSR count). The topological polar surface area (TPSA) is 45.2 Å². The summed E-state index contributed by atoms with van der Waals surface area (Å²) in [4.78, 5) is 18.4. The average molecular weight is 405 g/mol. The van der Waals surface area contributed by atoms with Crippen LogP contribution >= 0.6 is 0 Å². The summed E-state index contributed by atoms with van der Waals surface area (Å²) in [5, 5.41) is 2.90. The van der Waals surface area contributed by atoms with E-state index in [1.165, 1.54) is 12.1 Å². The Hall–Kier alpha value is -3.00. The van der Waals surface area contributed by atoms with Crippen LogP contribution in [0.25, 0.3) is 10.9 Å². The highest BCUT2D eigenvalue weighted by Gasteiger charge is 2.18. The van der Waals surface area contributed by atoms with E-state index in [2.05, 4.69) is 10.3 Å². The van der Waals surface area contributed by atoms with Gasteiger partial charge < -0.3 is 5.32 Å². The minimum atomic E-state index is -1.65. The molecule has 8 heteroatoms. The first-order valence-electron chi connectivity index (χ1n) is 9.08. The number of carbonyl (C=O) groups is 1. The standard InChI is InChI=1S/C21H19F4N3O/c1-2-8-28(11-14-10-15(22)9-13-4-3-7-26-21(13)14)12-18(29)27-17-6-5-16(23)19(24)20(17)25/h3-7,9-10H,2,8,11-12H2,1H3,(H,27,29). The molecule has 29 heavy (non-hydrogen) atoms. The largest absolute Gasteiger partial charge is 0.322 e. The number of halogens is 4. The first-order valence-corrected chi connectivity index (χ1v) is 9.08. The van der Waals surface area contributed by atoms with Crippen LogP contribution < -0.4 is 5.32 Å². The fourth-order valence-electron chi connectivity index (χ4n) is 3.13. The van der Waals surface area contributed by atoms with E-state index in [4.69, 9.17) is 0 Å². The number of pyridine rings is 1. The molecular weight excluding hydrogens is 386 g/mol. The molecule has 0 radical (unpaired) electrons. The molecule has 2 aromatic carbocycles. The Bertz CT molecular complexity index is 1040. The van der Waals surface area contributed by atoms with Crippen molar-refractivity contribution in [1.82, 2.24) is 9.88 Å². The number of hydrogen-bond acceptors (Lipinski definition) is 3. The van der Waals surface area contributed by atoms with Gasteiger partial charge in [-0.25, -0.2) is 17.6 Å². The van der Waals surface area contributed by atoms with E-state index < -0.39 is 34.9 Å². The third-order valence-electron chi connectivity index (χ3n) is 4.36. The molecule has 0 atom stereocenters. The molecule has 152 valence electrons. The summed E-state index contributed by atoms with van der Waals surface area (Å²) in [6.45, 7) is 2.53. The number of aromatic nitrogens is 1. The molecule has 0 bridgehead atoms. The summed E-state index contributed by atoms with van der Waals surface area (Å²) in [7, 11) is 0. The molecule has 0 unspecified atom stereocenters. The van der Waals surface area contributed by atoms with Crippen molar-refractivity contribution in [3.8, 4) is 0 Å². The van der Waals surface area contributed by atoms with Gasteiger partial charge in [0.05, 0.1) is 17.7 Å². The average Bonchev–Trinajstić information content (AvgIpc) is 2.68. The predicted octanol–water partition coefficient (Wildman–Crippen LogP) is 4.64. The lowest BCUT2D eigenvalue weighted by Crippen LogP contribution is -2.33. The van der Waals surface area contributed by atoms with E-state index in [9.17, 15) is 22.4 Å². The highest BCUT2D eigenvalue weighted by Crippen LogP contribution is 2.21. The Kier molecular flexibility index (Phi) is 6.43. The van der Waals surface area contributed by atoms with Crippen LogP contribution in [-0.2, 0) is 11.3 Å². The van der Waals surface area contributed by atoms with E-state index in [1.807, 2.05) is 6.92 Å². The van der Waals surface area contributed by atoms with Crippen molar-refractivity contribution in [2.24, 2.45) is 0 Å². The third-order valence-corrected chi connectivity index (χ3v) is 4.36. The van der Waals surface area contributed by atoms with Gasteiger partial charge in [-0.1, -0.05) is 13.0 Å². The van der Waals surface area contributed by atoms with Gasteiger partial charge in [0.25, 0.3) is 0 Å². The van der Waals surface area contributed by atoms with Gasteiger partial charge in [0.2, 0.25) is 5.91 Å². The highest BCUT2D eigenvalue weighted by atomic mass is 19.2. The Morgan fingerprint density at radius 1 is 1.10 bits per heavy atom. The summed E-state index contributed by atoms with van der Waals surface area (Å²) in [6.07, 6.45) is 2.32. The van der Waals surface area contributed by atoms with Crippen LogP contribution in [-0.4, -0.2) is 28.9 Å². The number of benzene rings is 2. The molecule has 1 amide bonds. The van der Waals surface area contributed by atoms with Gasteiger partial charge in [-0.05, 0) is 48.9 Å². The highest BCUT2D eigenvalue weighted by molar-refractivity contribution is 5.92. The van der Waals surface area contributed by atoms with E-state index >= 15 is 0 Å². The third kappa shape index (κ3) is 4.89. The summed E-state index contributed by atoms with van der Waals surface area (Å²) < 4.78 is 54.1. The molecule has 3 aromatic rings. The fraction of sp³-hybridized carbons (Fsp3) is 0.238. The van der Waals surface area contributed by atoms with Crippen LogP contribution in [0.3, 0.4) is 0 Å².